The van der Waals surface area contributed by atoms with Gasteiger partial charge in [-0.2, -0.15) is 4.80 Å². The molecule has 2 aromatic heterocycles. The highest BCUT2D eigenvalue weighted by molar-refractivity contribution is 7.14. The molecule has 4 aromatic rings. The monoisotopic (exact) mass is 410 g/mol. The number of carbonyl (C=O) groups excluding carboxylic acids is 1. The summed E-state index contributed by atoms with van der Waals surface area (Å²) in [5, 5.41) is 16.8. The number of hydrogen-bond donors (Lipinski definition) is 1. The quantitative estimate of drug-likeness (QED) is 0.524. The molecule has 0 saturated heterocycles. The molecule has 29 heavy (non-hydrogen) atoms. The molecule has 0 fully saturated rings. The van der Waals surface area contributed by atoms with Crippen molar-refractivity contribution in [2.45, 2.75) is 6.54 Å². The first-order valence-electron chi connectivity index (χ1n) is 8.55. The summed E-state index contributed by atoms with van der Waals surface area (Å²) in [4.78, 5) is 17.8. The molecule has 10 heteroatoms. The van der Waals surface area contributed by atoms with Crippen molar-refractivity contribution in [2.24, 2.45) is 0 Å². The molecule has 0 radical (unpaired) electrons. The standard InChI is InChI=1S/C19H15FN6O2S/c1-28-16-8-7-13(20)9-14(16)15-11-29-19(21-15)22-17(27)10-26-24-18(23-25-26)12-5-3-2-4-6-12/h2-9,11H,10H2,1H3,(H,21,22,27). The van der Waals surface area contributed by atoms with Crippen LogP contribution in [-0.2, 0) is 11.3 Å². The molecule has 1 N–H and O–H groups in total. The molecule has 0 aliphatic heterocycles. The van der Waals surface area contributed by atoms with Crippen LogP contribution in [0, 0.1) is 5.82 Å². The van der Waals surface area contributed by atoms with Gasteiger partial charge in [0.25, 0.3) is 0 Å². The Morgan fingerprint density at radius 3 is 2.86 bits per heavy atom. The van der Waals surface area contributed by atoms with Gasteiger partial charge >= 0.3 is 0 Å². The molecule has 8 nitrogen and oxygen atoms in total. The molecule has 4 rings (SSSR count). The molecule has 0 atom stereocenters. The number of ether oxygens (including phenoxy) is 1. The van der Waals surface area contributed by atoms with E-state index in [2.05, 4.69) is 25.7 Å². The van der Waals surface area contributed by atoms with Crippen molar-refractivity contribution in [3.63, 3.8) is 0 Å². The number of methoxy groups -OCH3 is 1. The Hall–Kier alpha value is -3.66. The summed E-state index contributed by atoms with van der Waals surface area (Å²) in [6, 6.07) is 13.5. The SMILES string of the molecule is COc1ccc(F)cc1-c1csc(NC(=O)Cn2nnc(-c3ccccc3)n2)n1. The van der Waals surface area contributed by atoms with Crippen molar-refractivity contribution in [2.75, 3.05) is 12.4 Å². The van der Waals surface area contributed by atoms with Gasteiger partial charge in [0, 0.05) is 16.5 Å². The van der Waals surface area contributed by atoms with Gasteiger partial charge in [0.15, 0.2) is 5.13 Å². The maximum atomic E-state index is 13.6. The Bertz CT molecular complexity index is 1140. The fourth-order valence-electron chi connectivity index (χ4n) is 2.64. The van der Waals surface area contributed by atoms with Crippen LogP contribution in [-0.4, -0.2) is 38.2 Å². The molecule has 1 amide bonds. The number of benzene rings is 2. The third-order valence-electron chi connectivity index (χ3n) is 3.96. The minimum atomic E-state index is -0.397. The lowest BCUT2D eigenvalue weighted by Gasteiger charge is -2.05. The van der Waals surface area contributed by atoms with Crippen LogP contribution in [0.25, 0.3) is 22.6 Å². The normalized spacial score (nSPS) is 10.7. The second-order valence-corrected chi connectivity index (χ2v) is 6.80. The predicted molar refractivity (Wildman–Crippen MR) is 106 cm³/mol. The lowest BCUT2D eigenvalue weighted by Crippen LogP contribution is -2.20. The van der Waals surface area contributed by atoms with Crippen molar-refractivity contribution in [1.82, 2.24) is 25.2 Å². The van der Waals surface area contributed by atoms with Crippen LogP contribution in [0.15, 0.2) is 53.9 Å². The summed E-state index contributed by atoms with van der Waals surface area (Å²) in [6.07, 6.45) is 0. The van der Waals surface area contributed by atoms with Gasteiger partial charge in [-0.1, -0.05) is 30.3 Å². The molecule has 146 valence electrons. The maximum Gasteiger partial charge on any atom is 0.249 e. The molecular weight excluding hydrogens is 395 g/mol. The molecule has 0 saturated carbocycles. The van der Waals surface area contributed by atoms with E-state index >= 15 is 0 Å². The number of carbonyl (C=O) groups is 1. The summed E-state index contributed by atoms with van der Waals surface area (Å²) >= 11 is 1.22. The predicted octanol–water partition coefficient (Wildman–Crippen LogP) is 3.25. The summed E-state index contributed by atoms with van der Waals surface area (Å²) in [6.45, 7) is -0.113. The summed E-state index contributed by atoms with van der Waals surface area (Å²) in [5.41, 5.74) is 1.83. The van der Waals surface area contributed by atoms with E-state index in [1.807, 2.05) is 30.3 Å². The van der Waals surface area contributed by atoms with Gasteiger partial charge in [0.1, 0.15) is 18.1 Å². The van der Waals surface area contributed by atoms with E-state index in [4.69, 9.17) is 4.74 Å². The molecule has 0 bridgehead atoms. The van der Waals surface area contributed by atoms with Crippen molar-refractivity contribution >= 4 is 22.4 Å². The Morgan fingerprint density at radius 2 is 2.07 bits per heavy atom. The lowest BCUT2D eigenvalue weighted by atomic mass is 10.1. The zero-order valence-corrected chi connectivity index (χ0v) is 16.1. The van der Waals surface area contributed by atoms with E-state index in [-0.39, 0.29) is 12.5 Å². The third kappa shape index (κ3) is 4.27. The number of nitrogens with zero attached hydrogens (tertiary/aromatic N) is 5. The highest BCUT2D eigenvalue weighted by Crippen LogP contribution is 2.32. The number of tetrazole rings is 1. The van der Waals surface area contributed by atoms with E-state index in [0.29, 0.717) is 28.0 Å². The molecule has 2 heterocycles. The van der Waals surface area contributed by atoms with Gasteiger partial charge < -0.3 is 10.1 Å². The van der Waals surface area contributed by atoms with Crippen LogP contribution in [0.1, 0.15) is 0 Å². The zero-order valence-electron chi connectivity index (χ0n) is 15.2. The number of amides is 1. The van der Waals surface area contributed by atoms with Crippen molar-refractivity contribution < 1.29 is 13.9 Å². The van der Waals surface area contributed by atoms with Gasteiger partial charge in [-0.05, 0) is 23.4 Å². The largest absolute Gasteiger partial charge is 0.496 e. The van der Waals surface area contributed by atoms with Crippen LogP contribution in [0.3, 0.4) is 0 Å². The Kier molecular flexibility index (Phi) is 5.25. The molecule has 2 aromatic carbocycles. The van der Waals surface area contributed by atoms with Gasteiger partial charge in [0.2, 0.25) is 11.7 Å². The van der Waals surface area contributed by atoms with E-state index in [0.717, 1.165) is 5.56 Å². The van der Waals surface area contributed by atoms with Gasteiger partial charge in [0.05, 0.1) is 12.8 Å². The van der Waals surface area contributed by atoms with Crippen molar-refractivity contribution in [1.29, 1.82) is 0 Å². The number of aromatic nitrogens is 5. The Balaban J connectivity index is 1.44. The van der Waals surface area contributed by atoms with Crippen LogP contribution in [0.4, 0.5) is 9.52 Å². The topological polar surface area (TPSA) is 94.8 Å². The number of hydrogen-bond acceptors (Lipinski definition) is 7. The van der Waals surface area contributed by atoms with Crippen molar-refractivity contribution in [3.8, 4) is 28.4 Å². The number of rotatable bonds is 6. The third-order valence-corrected chi connectivity index (χ3v) is 4.72. The summed E-state index contributed by atoms with van der Waals surface area (Å²) in [7, 11) is 1.50. The second-order valence-electron chi connectivity index (χ2n) is 5.94. The smallest absolute Gasteiger partial charge is 0.249 e. The number of nitrogens with one attached hydrogen (secondary N) is 1. The van der Waals surface area contributed by atoms with Crippen molar-refractivity contribution in [3.05, 3.63) is 59.7 Å². The van der Waals surface area contributed by atoms with Crippen LogP contribution in [0.2, 0.25) is 0 Å². The fourth-order valence-corrected chi connectivity index (χ4v) is 3.36. The fraction of sp³-hybridized carbons (Fsp3) is 0.105. The molecule has 0 aliphatic rings. The van der Waals surface area contributed by atoms with E-state index < -0.39 is 5.82 Å². The minimum Gasteiger partial charge on any atom is -0.496 e. The zero-order chi connectivity index (χ0) is 20.2. The highest BCUT2D eigenvalue weighted by Gasteiger charge is 2.14. The van der Waals surface area contributed by atoms with E-state index in [1.165, 1.54) is 41.4 Å². The lowest BCUT2D eigenvalue weighted by molar-refractivity contribution is -0.117. The number of anilines is 1. The first-order valence-corrected chi connectivity index (χ1v) is 9.43. The summed E-state index contributed by atoms with van der Waals surface area (Å²) in [5.74, 6) is 0.183. The van der Waals surface area contributed by atoms with Gasteiger partial charge in [-0.15, -0.1) is 21.5 Å². The first-order chi connectivity index (χ1) is 14.1. The average molecular weight is 410 g/mol. The highest BCUT2D eigenvalue weighted by atomic mass is 32.1. The number of halogens is 1. The van der Waals surface area contributed by atoms with Crippen LogP contribution in [0.5, 0.6) is 5.75 Å². The Morgan fingerprint density at radius 1 is 1.24 bits per heavy atom. The molecule has 0 spiro atoms. The average Bonchev–Trinajstić information content (AvgIpc) is 3.38. The number of thiazole rings is 1. The molecular formula is C19H15FN6O2S. The van der Waals surface area contributed by atoms with Crippen LogP contribution < -0.4 is 10.1 Å². The second kappa shape index (κ2) is 8.15. The van der Waals surface area contributed by atoms with E-state index in [9.17, 15) is 9.18 Å². The minimum absolute atomic E-state index is 0.113. The van der Waals surface area contributed by atoms with Crippen LogP contribution >= 0.6 is 11.3 Å². The molecule has 0 unspecified atom stereocenters. The van der Waals surface area contributed by atoms with E-state index in [1.54, 1.807) is 5.38 Å². The maximum absolute atomic E-state index is 13.6. The van der Waals surface area contributed by atoms with Gasteiger partial charge in [-0.3, -0.25) is 4.79 Å². The molecule has 0 aliphatic carbocycles. The summed E-state index contributed by atoms with van der Waals surface area (Å²) < 4.78 is 18.8. The Labute approximate surface area is 169 Å². The first kappa shape index (κ1) is 18.7. The van der Waals surface area contributed by atoms with Gasteiger partial charge in [-0.25, -0.2) is 9.37 Å².